The molecule has 2 aromatic heterocycles. The van der Waals surface area contributed by atoms with Crippen LogP contribution in [0.5, 0.6) is 0 Å². The number of aromatic nitrogens is 2. The lowest BCUT2D eigenvalue weighted by atomic mass is 10.1. The average Bonchev–Trinajstić information content (AvgIpc) is 3.04. The lowest BCUT2D eigenvalue weighted by Gasteiger charge is -2.23. The molecular formula is C26H24FN3O. The topological polar surface area (TPSA) is 38.1 Å². The molecule has 4 aromatic rings. The Labute approximate surface area is 181 Å². The Bertz CT molecular complexity index is 1240. The van der Waals surface area contributed by atoms with Crippen molar-refractivity contribution in [2.75, 3.05) is 4.90 Å². The number of nitrogens with zero attached hydrogens (tertiary/aromatic N) is 3. The molecule has 0 aliphatic heterocycles. The summed E-state index contributed by atoms with van der Waals surface area (Å²) < 4.78 is 15.7. The van der Waals surface area contributed by atoms with Crippen molar-refractivity contribution in [1.29, 1.82) is 0 Å². The van der Waals surface area contributed by atoms with Crippen LogP contribution in [0.2, 0.25) is 0 Å². The van der Waals surface area contributed by atoms with Crippen molar-refractivity contribution in [3.8, 4) is 0 Å². The Hall–Kier alpha value is -3.73. The molecule has 0 fully saturated rings. The molecule has 1 amide bonds. The molecule has 31 heavy (non-hydrogen) atoms. The summed E-state index contributed by atoms with van der Waals surface area (Å²) in [5.41, 5.74) is 5.28. The van der Waals surface area contributed by atoms with E-state index in [0.29, 0.717) is 17.8 Å². The third kappa shape index (κ3) is 3.87. The van der Waals surface area contributed by atoms with Gasteiger partial charge in [0.15, 0.2) is 0 Å². The fraction of sp³-hybridized carbons (Fsp3) is 0.154. The highest BCUT2D eigenvalue weighted by Gasteiger charge is 2.22. The first-order valence-electron chi connectivity index (χ1n) is 10.2. The minimum atomic E-state index is -0.345. The minimum absolute atomic E-state index is 0.165. The van der Waals surface area contributed by atoms with E-state index in [1.165, 1.54) is 17.7 Å². The number of carbonyl (C=O) groups excluding carboxylic acids is 1. The number of allylic oxidation sites excluding steroid dienone is 1. The first-order valence-corrected chi connectivity index (χ1v) is 10.2. The van der Waals surface area contributed by atoms with Crippen LogP contribution in [-0.2, 0) is 13.1 Å². The van der Waals surface area contributed by atoms with E-state index in [-0.39, 0.29) is 18.3 Å². The number of anilines is 1. The Morgan fingerprint density at radius 1 is 1.10 bits per heavy atom. The molecule has 0 aliphatic carbocycles. The first-order chi connectivity index (χ1) is 15.0. The third-order valence-corrected chi connectivity index (χ3v) is 5.65. The number of fused-ring (bicyclic) bond motifs is 1. The average molecular weight is 413 g/mol. The molecular weight excluding hydrogens is 389 g/mol. The second kappa shape index (κ2) is 8.56. The van der Waals surface area contributed by atoms with Crippen LogP contribution < -0.4 is 4.90 Å². The Morgan fingerprint density at radius 2 is 1.81 bits per heavy atom. The van der Waals surface area contributed by atoms with Gasteiger partial charge in [-0.1, -0.05) is 24.3 Å². The number of benzene rings is 2. The summed E-state index contributed by atoms with van der Waals surface area (Å²) in [6.07, 6.45) is 3.63. The number of hydrogen-bond acceptors (Lipinski definition) is 2. The van der Waals surface area contributed by atoms with Gasteiger partial charge in [0.1, 0.15) is 5.82 Å². The molecule has 0 bridgehead atoms. The van der Waals surface area contributed by atoms with E-state index >= 15 is 0 Å². The number of halogens is 1. The van der Waals surface area contributed by atoms with Crippen LogP contribution in [0, 0.1) is 19.7 Å². The van der Waals surface area contributed by atoms with Gasteiger partial charge in [0.25, 0.3) is 5.91 Å². The predicted molar refractivity (Wildman–Crippen MR) is 123 cm³/mol. The van der Waals surface area contributed by atoms with Crippen LogP contribution in [0.1, 0.15) is 27.3 Å². The zero-order chi connectivity index (χ0) is 22.0. The lowest BCUT2D eigenvalue weighted by Crippen LogP contribution is -2.31. The Kier molecular flexibility index (Phi) is 5.67. The number of carbonyl (C=O) groups is 1. The van der Waals surface area contributed by atoms with Crippen molar-refractivity contribution >= 4 is 22.5 Å². The number of pyridine rings is 1. The third-order valence-electron chi connectivity index (χ3n) is 5.65. The molecule has 2 aromatic carbocycles. The number of hydrogen-bond donors (Lipinski definition) is 0. The molecule has 0 N–H and O–H groups in total. The monoisotopic (exact) mass is 413 g/mol. The second-order valence-corrected chi connectivity index (χ2v) is 7.50. The van der Waals surface area contributed by atoms with E-state index in [0.717, 1.165) is 22.3 Å². The van der Waals surface area contributed by atoms with E-state index in [2.05, 4.69) is 30.0 Å². The molecule has 0 atom stereocenters. The van der Waals surface area contributed by atoms with Gasteiger partial charge in [-0.3, -0.25) is 9.78 Å². The first kappa shape index (κ1) is 20.5. The quantitative estimate of drug-likeness (QED) is 0.373. The fourth-order valence-corrected chi connectivity index (χ4v) is 3.93. The summed E-state index contributed by atoms with van der Waals surface area (Å²) >= 11 is 0. The van der Waals surface area contributed by atoms with Gasteiger partial charge in [-0.2, -0.15) is 0 Å². The van der Waals surface area contributed by atoms with Crippen LogP contribution in [0.3, 0.4) is 0 Å². The van der Waals surface area contributed by atoms with Gasteiger partial charge in [-0.05, 0) is 61.9 Å². The van der Waals surface area contributed by atoms with Crippen LogP contribution in [0.4, 0.5) is 10.1 Å². The highest BCUT2D eigenvalue weighted by molar-refractivity contribution is 6.06. The van der Waals surface area contributed by atoms with Gasteiger partial charge >= 0.3 is 0 Å². The summed E-state index contributed by atoms with van der Waals surface area (Å²) in [4.78, 5) is 19.7. The smallest absolute Gasteiger partial charge is 0.258 e. The molecule has 0 radical (unpaired) electrons. The summed E-state index contributed by atoms with van der Waals surface area (Å²) in [5, 5.41) is 1.11. The molecule has 0 saturated heterocycles. The van der Waals surface area contributed by atoms with Crippen molar-refractivity contribution in [1.82, 2.24) is 9.55 Å². The van der Waals surface area contributed by atoms with Crippen LogP contribution in [0.15, 0.2) is 79.5 Å². The van der Waals surface area contributed by atoms with Crippen molar-refractivity contribution in [2.24, 2.45) is 0 Å². The van der Waals surface area contributed by atoms with Gasteiger partial charge in [-0.25, -0.2) is 4.39 Å². The maximum absolute atomic E-state index is 13.6. The van der Waals surface area contributed by atoms with E-state index in [4.69, 9.17) is 0 Å². The van der Waals surface area contributed by atoms with Gasteiger partial charge in [0.2, 0.25) is 0 Å². The van der Waals surface area contributed by atoms with Crippen LogP contribution in [-0.4, -0.2) is 15.5 Å². The van der Waals surface area contributed by atoms with Crippen molar-refractivity contribution in [2.45, 2.75) is 26.9 Å². The van der Waals surface area contributed by atoms with E-state index in [9.17, 15) is 9.18 Å². The standard InChI is InChI=1S/C26H24FN3O/c1-4-16-29-19(3)18(2)23-14-15-28-24(25(23)29)17-30(22-12-10-21(27)11-13-22)26(31)20-8-6-5-7-9-20/h4-15H,1,16-17H2,2-3H3. The molecule has 4 nitrogen and oxygen atoms in total. The molecule has 2 heterocycles. The van der Waals surface area contributed by atoms with Crippen LogP contribution >= 0.6 is 0 Å². The largest absolute Gasteiger partial charge is 0.339 e. The molecule has 0 unspecified atom stereocenters. The Morgan fingerprint density at radius 3 is 2.48 bits per heavy atom. The van der Waals surface area contributed by atoms with Crippen molar-refractivity contribution < 1.29 is 9.18 Å². The van der Waals surface area contributed by atoms with E-state index in [1.807, 2.05) is 30.3 Å². The lowest BCUT2D eigenvalue weighted by molar-refractivity contribution is 0.0985. The van der Waals surface area contributed by atoms with Gasteiger partial charge in [-0.15, -0.1) is 6.58 Å². The number of rotatable bonds is 6. The molecule has 4 rings (SSSR count). The number of aryl methyl sites for hydroxylation is 1. The second-order valence-electron chi connectivity index (χ2n) is 7.50. The summed E-state index contributed by atoms with van der Waals surface area (Å²) in [6.45, 7) is 8.97. The zero-order valence-electron chi connectivity index (χ0n) is 17.7. The maximum Gasteiger partial charge on any atom is 0.258 e. The molecule has 156 valence electrons. The van der Waals surface area contributed by atoms with Crippen molar-refractivity contribution in [3.63, 3.8) is 0 Å². The minimum Gasteiger partial charge on any atom is -0.339 e. The summed E-state index contributed by atoms with van der Waals surface area (Å²) in [6, 6.07) is 17.1. The molecule has 5 heteroatoms. The predicted octanol–water partition coefficient (Wildman–Crippen LogP) is 5.83. The Balaban J connectivity index is 1.85. The number of amides is 1. The zero-order valence-corrected chi connectivity index (χ0v) is 17.7. The van der Waals surface area contributed by atoms with E-state index in [1.54, 1.807) is 35.4 Å². The summed E-state index contributed by atoms with van der Waals surface area (Å²) in [5.74, 6) is -0.511. The SMILES string of the molecule is C=CCn1c(C)c(C)c2ccnc(CN(C(=O)c3ccccc3)c3ccc(F)cc3)c21. The van der Waals surface area contributed by atoms with Crippen molar-refractivity contribution in [3.05, 3.63) is 108 Å². The van der Waals surface area contributed by atoms with Crippen LogP contribution in [0.25, 0.3) is 10.9 Å². The normalized spacial score (nSPS) is 10.9. The molecule has 0 spiro atoms. The highest BCUT2D eigenvalue weighted by Crippen LogP contribution is 2.29. The fourth-order valence-electron chi connectivity index (χ4n) is 3.93. The van der Waals surface area contributed by atoms with Gasteiger partial charge in [0, 0.05) is 35.1 Å². The maximum atomic E-state index is 13.6. The van der Waals surface area contributed by atoms with Gasteiger partial charge < -0.3 is 9.47 Å². The summed E-state index contributed by atoms with van der Waals surface area (Å²) in [7, 11) is 0. The molecule has 0 saturated carbocycles. The van der Waals surface area contributed by atoms with Gasteiger partial charge in [0.05, 0.1) is 17.8 Å². The highest BCUT2D eigenvalue weighted by atomic mass is 19.1. The molecule has 0 aliphatic rings. The van der Waals surface area contributed by atoms with E-state index < -0.39 is 0 Å².